The minimum atomic E-state index is -2.09. The highest BCUT2D eigenvalue weighted by atomic mass is 28.4. The zero-order valence-electron chi connectivity index (χ0n) is 15.8. The van der Waals surface area contributed by atoms with Crippen LogP contribution in [0.3, 0.4) is 0 Å². The summed E-state index contributed by atoms with van der Waals surface area (Å²) in [5, 5.41) is 1.21. The molecule has 0 heterocycles. The monoisotopic (exact) mass is 331 g/mol. The molecule has 0 aromatic rings. The van der Waals surface area contributed by atoms with Crippen LogP contribution in [0.2, 0.25) is 18.1 Å². The van der Waals surface area contributed by atoms with Crippen LogP contribution in [0.25, 0.3) is 0 Å². The molecule has 0 aliphatic rings. The van der Waals surface area contributed by atoms with E-state index in [-0.39, 0.29) is 22.6 Å². The second kappa shape index (κ2) is 7.70. The number of ketones is 1. The van der Waals surface area contributed by atoms with Gasteiger partial charge in [0.2, 0.25) is 0 Å². The third-order valence-corrected chi connectivity index (χ3v) is 9.31. The average Bonchev–Trinajstić information content (AvgIpc) is 2.40. The van der Waals surface area contributed by atoms with Gasteiger partial charge in [0, 0.05) is 13.0 Å². The van der Waals surface area contributed by atoms with E-state index in [0.717, 1.165) is 0 Å². The Balaban J connectivity index is 5.49. The molecule has 0 aliphatic heterocycles. The van der Waals surface area contributed by atoms with Crippen molar-refractivity contribution in [1.29, 1.82) is 0 Å². The fourth-order valence-electron chi connectivity index (χ4n) is 1.90. The molecule has 1 amide bonds. The Kier molecular flexibility index (Phi) is 7.45. The summed E-state index contributed by atoms with van der Waals surface area (Å²) in [7, 11) is 0.923. The third-order valence-electron chi connectivity index (χ3n) is 4.84. The lowest BCUT2D eigenvalue weighted by Gasteiger charge is -2.42. The number of hydroxylamine groups is 2. The van der Waals surface area contributed by atoms with Crippen LogP contribution in [0.1, 0.15) is 41.5 Å². The smallest absolute Gasteiger partial charge is 0.251 e. The van der Waals surface area contributed by atoms with Gasteiger partial charge in [0.05, 0.1) is 19.1 Å². The van der Waals surface area contributed by atoms with Gasteiger partial charge >= 0.3 is 0 Å². The molecular formula is C16H33NO4Si. The lowest BCUT2D eigenvalue weighted by molar-refractivity contribution is -0.176. The maximum atomic E-state index is 12.4. The zero-order valence-corrected chi connectivity index (χ0v) is 16.8. The van der Waals surface area contributed by atoms with Gasteiger partial charge in [-0.3, -0.25) is 14.4 Å². The zero-order chi connectivity index (χ0) is 17.9. The Morgan fingerprint density at radius 1 is 1.09 bits per heavy atom. The molecular weight excluding hydrogens is 298 g/mol. The van der Waals surface area contributed by atoms with E-state index in [1.165, 1.54) is 12.2 Å². The minimum absolute atomic E-state index is 0.0116. The lowest BCUT2D eigenvalue weighted by atomic mass is 9.90. The van der Waals surface area contributed by atoms with Gasteiger partial charge < -0.3 is 4.43 Å². The maximum absolute atomic E-state index is 12.4. The van der Waals surface area contributed by atoms with E-state index in [4.69, 9.17) is 9.26 Å². The van der Waals surface area contributed by atoms with E-state index in [9.17, 15) is 9.59 Å². The van der Waals surface area contributed by atoms with Crippen molar-refractivity contribution >= 4 is 20.0 Å². The number of hydrogen-bond donors (Lipinski definition) is 0. The SMILES string of the molecule is CON(C)C(=O)C(C)C(O[Si](C)(C)C(C)(C)C)C(C)C(C)=O. The first-order valence-corrected chi connectivity index (χ1v) is 10.7. The van der Waals surface area contributed by atoms with Crippen LogP contribution in [0.15, 0.2) is 0 Å². The second-order valence-electron chi connectivity index (χ2n) is 7.55. The molecule has 0 saturated heterocycles. The van der Waals surface area contributed by atoms with Crippen molar-refractivity contribution in [2.24, 2.45) is 11.8 Å². The second-order valence-corrected chi connectivity index (χ2v) is 12.3. The van der Waals surface area contributed by atoms with E-state index in [1.54, 1.807) is 20.9 Å². The summed E-state index contributed by atoms with van der Waals surface area (Å²) in [6.07, 6.45) is -0.441. The van der Waals surface area contributed by atoms with Crippen LogP contribution in [0, 0.1) is 11.8 Å². The van der Waals surface area contributed by atoms with E-state index < -0.39 is 20.3 Å². The number of rotatable bonds is 7. The maximum Gasteiger partial charge on any atom is 0.251 e. The fourth-order valence-corrected chi connectivity index (χ4v) is 3.34. The van der Waals surface area contributed by atoms with Crippen molar-refractivity contribution in [3.63, 3.8) is 0 Å². The van der Waals surface area contributed by atoms with Crippen molar-refractivity contribution in [3.05, 3.63) is 0 Å². The topological polar surface area (TPSA) is 55.8 Å². The van der Waals surface area contributed by atoms with Gasteiger partial charge in [0.1, 0.15) is 5.78 Å². The summed E-state index contributed by atoms with van der Waals surface area (Å²) >= 11 is 0. The van der Waals surface area contributed by atoms with Crippen molar-refractivity contribution in [1.82, 2.24) is 5.06 Å². The standard InChI is InChI=1S/C16H33NO4Si/c1-11(13(3)18)14(12(2)15(19)17(7)20-8)21-22(9,10)16(4,5)6/h11-12,14H,1-10H3. The molecule has 0 rings (SSSR count). The van der Waals surface area contributed by atoms with Crippen molar-refractivity contribution in [2.45, 2.75) is 65.8 Å². The molecule has 0 saturated carbocycles. The van der Waals surface area contributed by atoms with Gasteiger partial charge in [-0.2, -0.15) is 0 Å². The molecule has 0 aliphatic carbocycles. The van der Waals surface area contributed by atoms with Gasteiger partial charge in [0.15, 0.2) is 8.32 Å². The Labute approximate surface area is 136 Å². The van der Waals surface area contributed by atoms with Crippen molar-refractivity contribution in [3.8, 4) is 0 Å². The van der Waals surface area contributed by atoms with Gasteiger partial charge in [-0.15, -0.1) is 0 Å². The van der Waals surface area contributed by atoms with Crippen LogP contribution in [0.4, 0.5) is 0 Å². The van der Waals surface area contributed by atoms with Gasteiger partial charge in [-0.1, -0.05) is 34.6 Å². The Hall–Kier alpha value is -0.723. The molecule has 0 fully saturated rings. The first-order valence-electron chi connectivity index (χ1n) is 7.76. The summed E-state index contributed by atoms with van der Waals surface area (Å²) in [5.74, 6) is -0.931. The summed E-state index contributed by atoms with van der Waals surface area (Å²) in [5.41, 5.74) is 0. The Morgan fingerprint density at radius 2 is 1.55 bits per heavy atom. The Bertz CT molecular complexity index is 403. The normalized spacial score (nSPS) is 16.8. The van der Waals surface area contributed by atoms with E-state index in [0.29, 0.717) is 0 Å². The van der Waals surface area contributed by atoms with Crippen LogP contribution >= 0.6 is 0 Å². The largest absolute Gasteiger partial charge is 0.412 e. The third kappa shape index (κ3) is 5.17. The molecule has 3 unspecified atom stereocenters. The number of nitrogens with zero attached hydrogens (tertiary/aromatic N) is 1. The average molecular weight is 332 g/mol. The fraction of sp³-hybridized carbons (Fsp3) is 0.875. The van der Waals surface area contributed by atoms with Crippen LogP contribution in [0.5, 0.6) is 0 Å². The van der Waals surface area contributed by atoms with Gasteiger partial charge in [0.25, 0.3) is 5.91 Å². The molecule has 3 atom stereocenters. The van der Waals surface area contributed by atoms with E-state index in [1.807, 2.05) is 6.92 Å². The van der Waals surface area contributed by atoms with Gasteiger partial charge in [-0.05, 0) is 25.1 Å². The number of hydrogen-bond acceptors (Lipinski definition) is 4. The van der Waals surface area contributed by atoms with Gasteiger partial charge in [-0.25, -0.2) is 5.06 Å². The molecule has 0 spiro atoms. The summed E-state index contributed by atoms with van der Waals surface area (Å²) in [6.45, 7) is 15.9. The molecule has 130 valence electrons. The highest BCUT2D eigenvalue weighted by Crippen LogP contribution is 2.39. The highest BCUT2D eigenvalue weighted by Gasteiger charge is 2.43. The summed E-state index contributed by atoms with van der Waals surface area (Å²) < 4.78 is 6.42. The van der Waals surface area contributed by atoms with Crippen molar-refractivity contribution in [2.75, 3.05) is 14.2 Å². The number of carbonyl (C=O) groups is 2. The number of carbonyl (C=O) groups excluding carboxylic acids is 2. The van der Waals surface area contributed by atoms with Crippen LogP contribution in [-0.2, 0) is 18.9 Å². The molecule has 6 heteroatoms. The highest BCUT2D eigenvalue weighted by molar-refractivity contribution is 6.74. The van der Waals surface area contributed by atoms with E-state index >= 15 is 0 Å². The van der Waals surface area contributed by atoms with E-state index in [2.05, 4.69) is 33.9 Å². The molecule has 0 radical (unpaired) electrons. The first kappa shape index (κ1) is 21.3. The number of Topliss-reactive ketones (excluding diaryl/α,β-unsaturated/α-hetero) is 1. The molecule has 0 aromatic carbocycles. The van der Waals surface area contributed by atoms with Crippen LogP contribution in [-0.4, -0.2) is 45.3 Å². The molecule has 0 bridgehead atoms. The lowest BCUT2D eigenvalue weighted by Crippen LogP contribution is -2.51. The summed E-state index contributed by atoms with van der Waals surface area (Å²) in [6, 6.07) is 0. The first-order chi connectivity index (χ1) is 9.76. The van der Waals surface area contributed by atoms with Crippen LogP contribution < -0.4 is 0 Å². The quantitative estimate of drug-likeness (QED) is 0.531. The number of amides is 1. The predicted molar refractivity (Wildman–Crippen MR) is 90.9 cm³/mol. The molecule has 0 N–H and O–H groups in total. The molecule has 22 heavy (non-hydrogen) atoms. The molecule has 0 aromatic heterocycles. The minimum Gasteiger partial charge on any atom is -0.412 e. The Morgan fingerprint density at radius 3 is 1.86 bits per heavy atom. The summed E-state index contributed by atoms with van der Waals surface area (Å²) in [4.78, 5) is 29.2. The molecule has 5 nitrogen and oxygen atoms in total. The van der Waals surface area contributed by atoms with Crippen molar-refractivity contribution < 1.29 is 18.9 Å². The predicted octanol–water partition coefficient (Wildman–Crippen LogP) is 3.26.